The molecule has 0 amide bonds. The molecule has 0 saturated carbocycles. The number of hydrogen-bond donors (Lipinski definition) is 1. The number of halogens is 1. The van der Waals surface area contributed by atoms with Crippen LogP contribution in [0.4, 0.5) is 0 Å². The Labute approximate surface area is 135 Å². The van der Waals surface area contributed by atoms with Gasteiger partial charge in [-0.1, -0.05) is 35.9 Å². The minimum Gasteiger partial charge on any atom is -0.496 e. The lowest BCUT2D eigenvalue weighted by Gasteiger charge is -2.16. The van der Waals surface area contributed by atoms with E-state index in [0.29, 0.717) is 12.5 Å². The number of nitrogens with two attached hydrogens (primary N) is 1. The highest BCUT2D eigenvalue weighted by Gasteiger charge is 2.10. The van der Waals surface area contributed by atoms with Crippen LogP contribution in [0, 0.1) is 12.8 Å². The van der Waals surface area contributed by atoms with E-state index in [2.05, 4.69) is 59.3 Å². The third-order valence-corrected chi connectivity index (χ3v) is 4.34. The van der Waals surface area contributed by atoms with E-state index in [-0.39, 0.29) is 0 Å². The summed E-state index contributed by atoms with van der Waals surface area (Å²) in [7, 11) is 1.68. The molecule has 2 rings (SSSR count). The fourth-order valence-corrected chi connectivity index (χ4v) is 3.05. The first kappa shape index (κ1) is 16.1. The van der Waals surface area contributed by atoms with Crippen LogP contribution in [0.3, 0.4) is 0 Å². The Morgan fingerprint density at radius 1 is 1.05 bits per heavy atom. The lowest BCUT2D eigenvalue weighted by atomic mass is 9.92. The molecule has 0 aliphatic carbocycles. The van der Waals surface area contributed by atoms with Crippen molar-refractivity contribution in [2.75, 3.05) is 13.7 Å². The summed E-state index contributed by atoms with van der Waals surface area (Å²) in [5, 5.41) is 0. The molecular weight excluding hydrogens is 326 g/mol. The Hall–Kier alpha value is -1.32. The van der Waals surface area contributed by atoms with Gasteiger partial charge in [0.1, 0.15) is 5.75 Å². The summed E-state index contributed by atoms with van der Waals surface area (Å²) in [6, 6.07) is 14.9. The van der Waals surface area contributed by atoms with Crippen LogP contribution in [0.5, 0.6) is 5.75 Å². The maximum atomic E-state index is 5.96. The molecule has 0 heterocycles. The summed E-state index contributed by atoms with van der Waals surface area (Å²) in [6.45, 7) is 2.80. The Morgan fingerprint density at radius 3 is 2.24 bits per heavy atom. The lowest BCUT2D eigenvalue weighted by Crippen LogP contribution is -2.19. The van der Waals surface area contributed by atoms with E-state index in [0.717, 1.165) is 23.1 Å². The Bertz CT molecular complexity index is 580. The number of rotatable bonds is 6. The SMILES string of the molecule is COc1ccc(CC(CN)Cc2ccc(C)cc2)cc1Br. The molecule has 2 N–H and O–H groups in total. The molecule has 1 unspecified atom stereocenters. The summed E-state index contributed by atoms with van der Waals surface area (Å²) in [5.74, 6) is 1.31. The third kappa shape index (κ3) is 4.58. The van der Waals surface area contributed by atoms with Gasteiger partial charge in [0.2, 0.25) is 0 Å². The van der Waals surface area contributed by atoms with Crippen molar-refractivity contribution in [3.05, 3.63) is 63.6 Å². The second-order valence-corrected chi connectivity index (χ2v) is 6.32. The molecule has 0 saturated heterocycles. The van der Waals surface area contributed by atoms with E-state index >= 15 is 0 Å². The van der Waals surface area contributed by atoms with Gasteiger partial charge >= 0.3 is 0 Å². The van der Waals surface area contributed by atoms with Gasteiger partial charge in [0, 0.05) is 0 Å². The molecule has 3 heteroatoms. The second kappa shape index (κ2) is 7.62. The van der Waals surface area contributed by atoms with E-state index in [9.17, 15) is 0 Å². The number of aryl methyl sites for hydroxylation is 1. The van der Waals surface area contributed by atoms with Gasteiger partial charge in [-0.15, -0.1) is 0 Å². The molecule has 0 aromatic heterocycles. The third-order valence-electron chi connectivity index (χ3n) is 3.72. The van der Waals surface area contributed by atoms with Crippen molar-refractivity contribution in [1.82, 2.24) is 0 Å². The van der Waals surface area contributed by atoms with E-state index < -0.39 is 0 Å². The number of methoxy groups -OCH3 is 1. The van der Waals surface area contributed by atoms with Gasteiger partial charge in [0.25, 0.3) is 0 Å². The van der Waals surface area contributed by atoms with Crippen LogP contribution in [-0.4, -0.2) is 13.7 Å². The van der Waals surface area contributed by atoms with Gasteiger partial charge in [0.15, 0.2) is 0 Å². The second-order valence-electron chi connectivity index (χ2n) is 5.46. The zero-order chi connectivity index (χ0) is 15.2. The van der Waals surface area contributed by atoms with Gasteiger partial charge in [-0.05, 0) is 71.4 Å². The molecule has 2 nitrogen and oxygen atoms in total. The first-order valence-electron chi connectivity index (χ1n) is 7.20. The van der Waals surface area contributed by atoms with Crippen molar-refractivity contribution >= 4 is 15.9 Å². The maximum absolute atomic E-state index is 5.96. The van der Waals surface area contributed by atoms with Gasteiger partial charge in [-0.3, -0.25) is 0 Å². The smallest absolute Gasteiger partial charge is 0.133 e. The van der Waals surface area contributed by atoms with Crippen LogP contribution in [-0.2, 0) is 12.8 Å². The zero-order valence-corrected chi connectivity index (χ0v) is 14.2. The number of hydrogen-bond acceptors (Lipinski definition) is 2. The Balaban J connectivity index is 2.05. The molecule has 112 valence electrons. The molecule has 0 bridgehead atoms. The van der Waals surface area contributed by atoms with Crippen molar-refractivity contribution in [2.45, 2.75) is 19.8 Å². The van der Waals surface area contributed by atoms with E-state index in [1.165, 1.54) is 16.7 Å². The summed E-state index contributed by atoms with van der Waals surface area (Å²) >= 11 is 3.54. The van der Waals surface area contributed by atoms with E-state index in [4.69, 9.17) is 10.5 Å². The summed E-state index contributed by atoms with van der Waals surface area (Å²) in [6.07, 6.45) is 1.99. The normalized spacial score (nSPS) is 12.2. The van der Waals surface area contributed by atoms with Crippen LogP contribution in [0.2, 0.25) is 0 Å². The molecule has 1 atom stereocenters. The average molecular weight is 348 g/mol. The largest absolute Gasteiger partial charge is 0.496 e. The predicted molar refractivity (Wildman–Crippen MR) is 91.8 cm³/mol. The lowest BCUT2D eigenvalue weighted by molar-refractivity contribution is 0.411. The average Bonchev–Trinajstić information content (AvgIpc) is 2.49. The summed E-state index contributed by atoms with van der Waals surface area (Å²) in [4.78, 5) is 0. The number of benzene rings is 2. The topological polar surface area (TPSA) is 35.2 Å². The summed E-state index contributed by atoms with van der Waals surface area (Å²) in [5.41, 5.74) is 9.88. The molecular formula is C18H22BrNO. The molecule has 2 aromatic rings. The highest BCUT2D eigenvalue weighted by atomic mass is 79.9. The highest BCUT2D eigenvalue weighted by Crippen LogP contribution is 2.27. The molecule has 0 spiro atoms. The van der Waals surface area contributed by atoms with E-state index in [1.807, 2.05) is 6.07 Å². The van der Waals surface area contributed by atoms with E-state index in [1.54, 1.807) is 7.11 Å². The van der Waals surface area contributed by atoms with Gasteiger partial charge in [-0.25, -0.2) is 0 Å². The first-order valence-corrected chi connectivity index (χ1v) is 7.99. The molecule has 0 aliphatic heterocycles. The molecule has 0 fully saturated rings. The Morgan fingerprint density at radius 2 is 1.67 bits per heavy atom. The Kier molecular flexibility index (Phi) is 5.83. The quantitative estimate of drug-likeness (QED) is 0.852. The van der Waals surface area contributed by atoms with Crippen LogP contribution in [0.25, 0.3) is 0 Å². The van der Waals surface area contributed by atoms with Crippen LogP contribution in [0.15, 0.2) is 46.9 Å². The molecule has 0 radical (unpaired) electrons. The van der Waals surface area contributed by atoms with Crippen molar-refractivity contribution < 1.29 is 4.74 Å². The minimum atomic E-state index is 0.452. The van der Waals surface area contributed by atoms with Crippen LogP contribution in [0.1, 0.15) is 16.7 Å². The number of ether oxygens (including phenoxy) is 1. The maximum Gasteiger partial charge on any atom is 0.133 e. The zero-order valence-electron chi connectivity index (χ0n) is 12.6. The molecule has 0 aliphatic rings. The monoisotopic (exact) mass is 347 g/mol. The van der Waals surface area contributed by atoms with Crippen LogP contribution < -0.4 is 10.5 Å². The highest BCUT2D eigenvalue weighted by molar-refractivity contribution is 9.10. The molecule has 2 aromatic carbocycles. The molecule has 21 heavy (non-hydrogen) atoms. The fraction of sp³-hybridized carbons (Fsp3) is 0.333. The first-order chi connectivity index (χ1) is 10.1. The van der Waals surface area contributed by atoms with Gasteiger partial charge < -0.3 is 10.5 Å². The van der Waals surface area contributed by atoms with Crippen molar-refractivity contribution in [3.8, 4) is 5.75 Å². The summed E-state index contributed by atoms with van der Waals surface area (Å²) < 4.78 is 6.26. The van der Waals surface area contributed by atoms with Gasteiger partial charge in [-0.2, -0.15) is 0 Å². The van der Waals surface area contributed by atoms with Crippen molar-refractivity contribution in [1.29, 1.82) is 0 Å². The standard InChI is InChI=1S/C18H22BrNO/c1-13-3-5-14(6-4-13)9-16(12-20)10-15-7-8-18(21-2)17(19)11-15/h3-8,11,16H,9-10,12,20H2,1-2H3. The van der Waals surface area contributed by atoms with Crippen molar-refractivity contribution in [2.24, 2.45) is 11.7 Å². The minimum absolute atomic E-state index is 0.452. The van der Waals surface area contributed by atoms with Crippen molar-refractivity contribution in [3.63, 3.8) is 0 Å². The van der Waals surface area contributed by atoms with Crippen LogP contribution >= 0.6 is 15.9 Å². The van der Waals surface area contributed by atoms with Gasteiger partial charge in [0.05, 0.1) is 11.6 Å². The predicted octanol–water partition coefficient (Wildman–Crippen LogP) is 4.13. The fourth-order valence-electron chi connectivity index (χ4n) is 2.47.